The average Bonchev–Trinajstić information content (AvgIpc) is 2.02. The molecule has 0 amide bonds. The molecule has 12 heavy (non-hydrogen) atoms. The second kappa shape index (κ2) is 7.43. The molecule has 0 aliphatic rings. The van der Waals surface area contributed by atoms with Crippen LogP contribution in [0.3, 0.4) is 0 Å². The number of hydrogen-bond acceptors (Lipinski definition) is 3. The van der Waals surface area contributed by atoms with Crippen LogP contribution in [-0.4, -0.2) is 33.8 Å². The van der Waals surface area contributed by atoms with Crippen molar-refractivity contribution >= 4 is 17.7 Å². The summed E-state index contributed by atoms with van der Waals surface area (Å²) in [5.74, 6) is 0.112. The van der Waals surface area contributed by atoms with Crippen LogP contribution in [0.4, 0.5) is 0 Å². The van der Waals surface area contributed by atoms with Crippen molar-refractivity contribution in [3.8, 4) is 0 Å². The van der Waals surface area contributed by atoms with Crippen LogP contribution in [0.2, 0.25) is 0 Å². The van der Waals surface area contributed by atoms with Gasteiger partial charge in [0.2, 0.25) is 0 Å². The van der Waals surface area contributed by atoms with Crippen molar-refractivity contribution in [3.63, 3.8) is 0 Å². The zero-order valence-corrected chi connectivity index (χ0v) is 8.14. The van der Waals surface area contributed by atoms with Gasteiger partial charge in [0.25, 0.3) is 0 Å². The topological polar surface area (TPSA) is 57.5 Å². The summed E-state index contributed by atoms with van der Waals surface area (Å²) in [7, 11) is 0. The lowest BCUT2D eigenvalue weighted by molar-refractivity contribution is -0.136. The highest BCUT2D eigenvalue weighted by molar-refractivity contribution is 7.99. The number of thioether (sulfide) groups is 1. The molecule has 0 saturated heterocycles. The summed E-state index contributed by atoms with van der Waals surface area (Å²) in [6.07, 6.45) is 1.86. The Morgan fingerprint density at radius 3 is 2.67 bits per heavy atom. The molecule has 1 atom stereocenters. The van der Waals surface area contributed by atoms with Crippen LogP contribution in [0.15, 0.2) is 0 Å². The Kier molecular flexibility index (Phi) is 7.29. The molecule has 0 fully saturated rings. The molecule has 4 heteroatoms. The van der Waals surface area contributed by atoms with Gasteiger partial charge in [-0.2, -0.15) is 11.8 Å². The van der Waals surface area contributed by atoms with Gasteiger partial charge in [-0.25, -0.2) is 0 Å². The first-order valence-electron chi connectivity index (χ1n) is 4.15. The van der Waals surface area contributed by atoms with Gasteiger partial charge in [0, 0.05) is 11.9 Å². The SMILES string of the molecule is CCC(CC(=O)O)SCCCO. The van der Waals surface area contributed by atoms with E-state index in [0.29, 0.717) is 0 Å². The van der Waals surface area contributed by atoms with Crippen molar-refractivity contribution in [2.75, 3.05) is 12.4 Å². The van der Waals surface area contributed by atoms with Crippen LogP contribution < -0.4 is 0 Å². The summed E-state index contributed by atoms with van der Waals surface area (Å²) < 4.78 is 0. The van der Waals surface area contributed by atoms with Crippen molar-refractivity contribution in [3.05, 3.63) is 0 Å². The van der Waals surface area contributed by atoms with Gasteiger partial charge in [-0.3, -0.25) is 4.79 Å². The summed E-state index contributed by atoms with van der Waals surface area (Å²) in [5, 5.41) is 17.2. The Morgan fingerprint density at radius 1 is 1.58 bits per heavy atom. The van der Waals surface area contributed by atoms with E-state index in [2.05, 4.69) is 0 Å². The van der Waals surface area contributed by atoms with Gasteiger partial charge >= 0.3 is 5.97 Å². The highest BCUT2D eigenvalue weighted by Gasteiger charge is 2.10. The van der Waals surface area contributed by atoms with Gasteiger partial charge in [0.15, 0.2) is 0 Å². The molecule has 3 nitrogen and oxygen atoms in total. The number of aliphatic hydroxyl groups is 1. The highest BCUT2D eigenvalue weighted by Crippen LogP contribution is 2.18. The normalized spacial score (nSPS) is 12.8. The Morgan fingerprint density at radius 2 is 2.25 bits per heavy atom. The molecular weight excluding hydrogens is 176 g/mol. The number of aliphatic hydroxyl groups excluding tert-OH is 1. The molecule has 2 N–H and O–H groups in total. The zero-order chi connectivity index (χ0) is 9.40. The predicted molar refractivity (Wildman–Crippen MR) is 50.5 cm³/mol. The molecule has 0 radical (unpaired) electrons. The molecule has 0 aliphatic heterocycles. The Hall–Kier alpha value is -0.220. The molecule has 1 unspecified atom stereocenters. The molecule has 0 heterocycles. The van der Waals surface area contributed by atoms with Crippen LogP contribution in [0, 0.1) is 0 Å². The number of hydrogen-bond donors (Lipinski definition) is 2. The smallest absolute Gasteiger partial charge is 0.304 e. The molecule has 0 aromatic carbocycles. The molecule has 0 aromatic rings. The minimum atomic E-state index is -0.738. The fourth-order valence-corrected chi connectivity index (χ4v) is 1.96. The summed E-state index contributed by atoms with van der Waals surface area (Å²) in [6, 6.07) is 0. The fraction of sp³-hybridized carbons (Fsp3) is 0.875. The number of rotatable bonds is 7. The molecule has 0 spiro atoms. The van der Waals surface area contributed by atoms with Gasteiger partial charge in [-0.15, -0.1) is 0 Å². The van der Waals surface area contributed by atoms with Gasteiger partial charge in [-0.05, 0) is 18.6 Å². The van der Waals surface area contributed by atoms with Crippen molar-refractivity contribution in [2.45, 2.75) is 31.4 Å². The van der Waals surface area contributed by atoms with Crippen molar-refractivity contribution in [1.82, 2.24) is 0 Å². The van der Waals surface area contributed by atoms with Gasteiger partial charge < -0.3 is 10.2 Å². The third-order valence-electron chi connectivity index (χ3n) is 1.51. The van der Waals surface area contributed by atoms with Gasteiger partial charge in [-0.1, -0.05) is 6.92 Å². The first kappa shape index (κ1) is 11.8. The van der Waals surface area contributed by atoms with Crippen molar-refractivity contribution in [2.24, 2.45) is 0 Å². The monoisotopic (exact) mass is 192 g/mol. The van der Waals surface area contributed by atoms with E-state index >= 15 is 0 Å². The molecule has 72 valence electrons. The Bertz CT molecular complexity index is 127. The number of carboxylic acids is 1. The summed E-state index contributed by atoms with van der Waals surface area (Å²) in [6.45, 7) is 2.18. The Labute approximate surface area is 77.2 Å². The first-order valence-corrected chi connectivity index (χ1v) is 5.19. The summed E-state index contributed by atoms with van der Waals surface area (Å²) in [4.78, 5) is 10.3. The van der Waals surface area contributed by atoms with Crippen LogP contribution in [0.25, 0.3) is 0 Å². The van der Waals surface area contributed by atoms with Gasteiger partial charge in [0.05, 0.1) is 6.42 Å². The average molecular weight is 192 g/mol. The van der Waals surface area contributed by atoms with E-state index in [4.69, 9.17) is 10.2 Å². The second-order valence-corrected chi connectivity index (χ2v) is 3.98. The molecule has 0 rings (SSSR count). The largest absolute Gasteiger partial charge is 0.481 e. The van der Waals surface area contributed by atoms with E-state index in [1.165, 1.54) is 0 Å². The predicted octanol–water partition coefficient (Wildman–Crippen LogP) is 1.36. The van der Waals surface area contributed by atoms with Crippen molar-refractivity contribution in [1.29, 1.82) is 0 Å². The minimum Gasteiger partial charge on any atom is -0.481 e. The lowest BCUT2D eigenvalue weighted by atomic mass is 10.2. The van der Waals surface area contributed by atoms with Crippen LogP contribution in [0.1, 0.15) is 26.2 Å². The second-order valence-electron chi connectivity index (χ2n) is 2.58. The lowest BCUT2D eigenvalue weighted by Gasteiger charge is -2.10. The number of carboxylic acid groups (broad SMARTS) is 1. The Balaban J connectivity index is 3.46. The number of carbonyl (C=O) groups is 1. The first-order chi connectivity index (χ1) is 5.70. The molecule has 0 bridgehead atoms. The molecular formula is C8H16O3S. The maximum absolute atomic E-state index is 10.3. The zero-order valence-electron chi connectivity index (χ0n) is 7.32. The van der Waals surface area contributed by atoms with E-state index in [0.717, 1.165) is 18.6 Å². The third-order valence-corrected chi connectivity index (χ3v) is 3.01. The van der Waals surface area contributed by atoms with E-state index < -0.39 is 5.97 Å². The van der Waals surface area contributed by atoms with E-state index in [1.54, 1.807) is 11.8 Å². The highest BCUT2D eigenvalue weighted by atomic mass is 32.2. The van der Waals surface area contributed by atoms with E-state index in [1.807, 2.05) is 6.92 Å². The molecule has 0 saturated carbocycles. The minimum absolute atomic E-state index is 0.191. The maximum Gasteiger partial charge on any atom is 0.304 e. The van der Waals surface area contributed by atoms with Crippen LogP contribution in [0.5, 0.6) is 0 Å². The fourth-order valence-electron chi connectivity index (χ4n) is 0.830. The van der Waals surface area contributed by atoms with E-state index in [9.17, 15) is 4.79 Å². The molecule has 0 aliphatic carbocycles. The number of aliphatic carboxylic acids is 1. The van der Waals surface area contributed by atoms with Crippen molar-refractivity contribution < 1.29 is 15.0 Å². The summed E-state index contributed by atoms with van der Waals surface area (Å²) in [5.41, 5.74) is 0. The lowest BCUT2D eigenvalue weighted by Crippen LogP contribution is -2.09. The third kappa shape index (κ3) is 6.49. The van der Waals surface area contributed by atoms with Gasteiger partial charge in [0.1, 0.15) is 0 Å². The van der Waals surface area contributed by atoms with Crippen LogP contribution in [-0.2, 0) is 4.79 Å². The maximum atomic E-state index is 10.3. The van der Waals surface area contributed by atoms with E-state index in [-0.39, 0.29) is 18.3 Å². The summed E-state index contributed by atoms with van der Waals surface area (Å²) >= 11 is 1.63. The standard InChI is InChI=1S/C8H16O3S/c1-2-7(6-8(10)11)12-5-3-4-9/h7,9H,2-6H2,1H3,(H,10,11). The molecule has 0 aromatic heterocycles. The van der Waals surface area contributed by atoms with Crippen LogP contribution >= 0.6 is 11.8 Å². The quantitative estimate of drug-likeness (QED) is 0.598.